The zero-order valence-electron chi connectivity index (χ0n) is 8.15. The second-order valence-electron chi connectivity index (χ2n) is 3.24. The number of alkyl carbamates (subject to hydrolysis) is 1. The SMILES string of the molecule is O=C1N[C@H](c2ccc(OC(F)F)cc2)CO1. The Labute approximate surface area is 90.2 Å². The molecule has 0 spiro atoms. The quantitative estimate of drug-likeness (QED) is 0.863. The molecule has 2 rings (SSSR count). The van der Waals surface area contributed by atoms with Crippen LogP contribution in [0.1, 0.15) is 11.6 Å². The molecule has 1 amide bonds. The Bertz CT molecular complexity index is 380. The van der Waals surface area contributed by atoms with Gasteiger partial charge in [-0.2, -0.15) is 8.78 Å². The van der Waals surface area contributed by atoms with Gasteiger partial charge in [0.15, 0.2) is 0 Å². The van der Waals surface area contributed by atoms with Gasteiger partial charge in [-0.3, -0.25) is 0 Å². The first-order chi connectivity index (χ1) is 7.65. The lowest BCUT2D eigenvalue weighted by molar-refractivity contribution is -0.0498. The summed E-state index contributed by atoms with van der Waals surface area (Å²) in [5, 5.41) is 2.58. The summed E-state index contributed by atoms with van der Waals surface area (Å²) in [7, 11) is 0. The molecule has 0 unspecified atom stereocenters. The average Bonchev–Trinajstić information content (AvgIpc) is 2.65. The molecule has 1 aliphatic rings. The van der Waals surface area contributed by atoms with Crippen LogP contribution in [0.4, 0.5) is 13.6 Å². The van der Waals surface area contributed by atoms with Crippen LogP contribution in [0.2, 0.25) is 0 Å². The molecule has 1 fully saturated rings. The maximum atomic E-state index is 11.9. The molecule has 1 heterocycles. The second kappa shape index (κ2) is 4.34. The Hall–Kier alpha value is -1.85. The van der Waals surface area contributed by atoms with E-state index in [4.69, 9.17) is 4.74 Å². The molecule has 86 valence electrons. The third-order valence-corrected chi connectivity index (χ3v) is 2.18. The van der Waals surface area contributed by atoms with Crippen LogP contribution in [0, 0.1) is 0 Å². The summed E-state index contributed by atoms with van der Waals surface area (Å²) in [4.78, 5) is 10.8. The van der Waals surface area contributed by atoms with Crippen molar-refractivity contribution < 1.29 is 23.0 Å². The van der Waals surface area contributed by atoms with Gasteiger partial charge in [0, 0.05) is 0 Å². The fourth-order valence-corrected chi connectivity index (χ4v) is 1.45. The zero-order valence-corrected chi connectivity index (χ0v) is 8.15. The highest BCUT2D eigenvalue weighted by atomic mass is 19.3. The number of amides is 1. The fourth-order valence-electron chi connectivity index (χ4n) is 1.45. The molecule has 1 aliphatic heterocycles. The van der Waals surface area contributed by atoms with Crippen molar-refractivity contribution in [3.8, 4) is 5.75 Å². The lowest BCUT2D eigenvalue weighted by atomic mass is 10.1. The molecule has 1 aromatic rings. The van der Waals surface area contributed by atoms with E-state index in [9.17, 15) is 13.6 Å². The Kier molecular flexibility index (Phi) is 2.89. The third kappa shape index (κ3) is 2.39. The lowest BCUT2D eigenvalue weighted by Crippen LogP contribution is -2.18. The summed E-state index contributed by atoms with van der Waals surface area (Å²) in [6.07, 6.45) is -0.474. The summed E-state index contributed by atoms with van der Waals surface area (Å²) < 4.78 is 32.7. The number of hydrogen-bond acceptors (Lipinski definition) is 3. The van der Waals surface area contributed by atoms with E-state index >= 15 is 0 Å². The smallest absolute Gasteiger partial charge is 0.407 e. The van der Waals surface area contributed by atoms with Gasteiger partial charge < -0.3 is 14.8 Å². The fraction of sp³-hybridized carbons (Fsp3) is 0.300. The first-order valence-electron chi connectivity index (χ1n) is 4.63. The van der Waals surface area contributed by atoms with Crippen LogP contribution in [0.5, 0.6) is 5.75 Å². The summed E-state index contributed by atoms with van der Waals surface area (Å²) in [5.74, 6) is 0.0870. The maximum Gasteiger partial charge on any atom is 0.407 e. The highest BCUT2D eigenvalue weighted by Gasteiger charge is 2.23. The van der Waals surface area contributed by atoms with Crippen LogP contribution in [0.3, 0.4) is 0 Å². The van der Waals surface area contributed by atoms with Crippen molar-refractivity contribution in [3.05, 3.63) is 29.8 Å². The number of cyclic esters (lactones) is 1. The minimum absolute atomic E-state index is 0.0870. The van der Waals surface area contributed by atoms with Crippen molar-refractivity contribution in [2.45, 2.75) is 12.7 Å². The molecule has 0 aliphatic carbocycles. The van der Waals surface area contributed by atoms with Gasteiger partial charge in [-0.15, -0.1) is 0 Å². The topological polar surface area (TPSA) is 47.6 Å². The Morgan fingerprint density at radius 2 is 2.06 bits per heavy atom. The molecule has 4 nitrogen and oxygen atoms in total. The van der Waals surface area contributed by atoms with Gasteiger partial charge in [0.1, 0.15) is 12.4 Å². The van der Waals surface area contributed by atoms with E-state index in [1.54, 1.807) is 12.1 Å². The van der Waals surface area contributed by atoms with E-state index in [0.29, 0.717) is 0 Å². The molecule has 0 saturated carbocycles. The number of alkyl halides is 2. The molecule has 1 aromatic carbocycles. The number of hydrogen-bond donors (Lipinski definition) is 1. The van der Waals surface area contributed by atoms with Gasteiger partial charge in [-0.25, -0.2) is 4.79 Å². The van der Waals surface area contributed by atoms with Crippen molar-refractivity contribution in [2.75, 3.05) is 6.61 Å². The first kappa shape index (κ1) is 10.7. The molecular weight excluding hydrogens is 220 g/mol. The molecule has 16 heavy (non-hydrogen) atoms. The van der Waals surface area contributed by atoms with Gasteiger partial charge in [0.25, 0.3) is 0 Å². The minimum atomic E-state index is -2.83. The zero-order chi connectivity index (χ0) is 11.5. The molecular formula is C10H9F2NO3. The third-order valence-electron chi connectivity index (χ3n) is 2.18. The molecule has 0 bridgehead atoms. The molecule has 1 atom stereocenters. The summed E-state index contributed by atoms with van der Waals surface area (Å²) >= 11 is 0. The number of ether oxygens (including phenoxy) is 2. The minimum Gasteiger partial charge on any atom is -0.447 e. The van der Waals surface area contributed by atoms with E-state index in [0.717, 1.165) is 5.56 Å². The maximum absolute atomic E-state index is 11.9. The Balaban J connectivity index is 2.04. The summed E-state index contributed by atoms with van der Waals surface area (Å²) in [6, 6.07) is 5.83. The van der Waals surface area contributed by atoms with Crippen molar-refractivity contribution in [3.63, 3.8) is 0 Å². The van der Waals surface area contributed by atoms with E-state index in [-0.39, 0.29) is 18.4 Å². The van der Waals surface area contributed by atoms with Crippen molar-refractivity contribution >= 4 is 6.09 Å². The van der Waals surface area contributed by atoms with Crippen LogP contribution in [-0.4, -0.2) is 19.3 Å². The van der Waals surface area contributed by atoms with Gasteiger partial charge in [0.2, 0.25) is 0 Å². The van der Waals surface area contributed by atoms with E-state index in [2.05, 4.69) is 10.1 Å². The van der Waals surface area contributed by atoms with Crippen molar-refractivity contribution in [1.29, 1.82) is 0 Å². The highest BCUT2D eigenvalue weighted by molar-refractivity contribution is 5.70. The number of carbonyl (C=O) groups excluding carboxylic acids is 1. The standard InChI is InChI=1S/C10H9F2NO3/c11-9(12)16-7-3-1-6(2-4-7)8-5-15-10(14)13-8/h1-4,8-9H,5H2,(H,13,14)/t8-/m0/s1. The lowest BCUT2D eigenvalue weighted by Gasteiger charge is -2.09. The van der Waals surface area contributed by atoms with Crippen LogP contribution in [0.15, 0.2) is 24.3 Å². The Morgan fingerprint density at radius 1 is 1.38 bits per heavy atom. The molecule has 0 radical (unpaired) electrons. The monoisotopic (exact) mass is 229 g/mol. The Morgan fingerprint density at radius 3 is 2.56 bits per heavy atom. The first-order valence-corrected chi connectivity index (χ1v) is 4.63. The predicted molar refractivity (Wildman–Crippen MR) is 50.3 cm³/mol. The molecule has 1 N–H and O–H groups in total. The molecule has 1 saturated heterocycles. The van der Waals surface area contributed by atoms with Crippen LogP contribution >= 0.6 is 0 Å². The van der Waals surface area contributed by atoms with Crippen LogP contribution in [-0.2, 0) is 4.74 Å². The van der Waals surface area contributed by atoms with E-state index < -0.39 is 12.7 Å². The van der Waals surface area contributed by atoms with E-state index in [1.807, 2.05) is 0 Å². The number of halogens is 2. The summed E-state index contributed by atoms with van der Waals surface area (Å²) in [5.41, 5.74) is 0.785. The molecule has 6 heteroatoms. The van der Waals surface area contributed by atoms with Crippen LogP contribution in [0.25, 0.3) is 0 Å². The van der Waals surface area contributed by atoms with Gasteiger partial charge in [-0.05, 0) is 17.7 Å². The second-order valence-corrected chi connectivity index (χ2v) is 3.24. The van der Waals surface area contributed by atoms with Gasteiger partial charge >= 0.3 is 12.7 Å². The molecule has 0 aromatic heterocycles. The number of carbonyl (C=O) groups is 1. The number of nitrogens with one attached hydrogen (secondary N) is 1. The highest BCUT2D eigenvalue weighted by Crippen LogP contribution is 2.21. The largest absolute Gasteiger partial charge is 0.447 e. The normalized spacial score (nSPS) is 19.4. The van der Waals surface area contributed by atoms with E-state index in [1.165, 1.54) is 12.1 Å². The van der Waals surface area contributed by atoms with Crippen molar-refractivity contribution in [2.24, 2.45) is 0 Å². The van der Waals surface area contributed by atoms with Gasteiger partial charge in [-0.1, -0.05) is 12.1 Å². The van der Waals surface area contributed by atoms with Gasteiger partial charge in [0.05, 0.1) is 6.04 Å². The summed E-state index contributed by atoms with van der Waals surface area (Å²) in [6.45, 7) is -2.59. The van der Waals surface area contributed by atoms with Crippen molar-refractivity contribution in [1.82, 2.24) is 5.32 Å². The predicted octanol–water partition coefficient (Wildman–Crippen LogP) is 2.07. The number of benzene rings is 1. The van der Waals surface area contributed by atoms with Crippen LogP contribution < -0.4 is 10.1 Å². The number of rotatable bonds is 3. The average molecular weight is 229 g/mol.